The minimum Gasteiger partial charge on any atom is -0.726 e. The Bertz CT molecular complexity index is 661. The molecule has 39 heavy (non-hydrogen) atoms. The number of hydrogen-bond donors (Lipinski definition) is 0. The van der Waals surface area contributed by atoms with E-state index in [0.29, 0.717) is 12.8 Å². The largest absolute Gasteiger partial charge is 1.00 e. The Morgan fingerprint density at radius 3 is 1.00 bits per heavy atom. The zero-order valence-corrected chi connectivity index (χ0v) is 31.1. The predicted molar refractivity (Wildman–Crippen MR) is 147 cm³/mol. The second kappa shape index (κ2) is 29.8. The maximum atomic E-state index is 11.0. The molecule has 0 spiro atoms. The van der Waals surface area contributed by atoms with Crippen LogP contribution < -0.4 is 59.1 Å². The van der Waals surface area contributed by atoms with Crippen LogP contribution in [0, 0.1) is 11.8 Å². The molecule has 12 heteroatoms. The normalized spacial score (nSPS) is 13.4. The van der Waals surface area contributed by atoms with Gasteiger partial charge in [0.1, 0.15) is 0 Å². The van der Waals surface area contributed by atoms with Crippen molar-refractivity contribution in [1.29, 1.82) is 0 Å². The topological polar surface area (TPSA) is 133 Å². The second-order valence-corrected chi connectivity index (χ2v) is 12.7. The van der Waals surface area contributed by atoms with E-state index in [2.05, 4.69) is 22.2 Å². The van der Waals surface area contributed by atoms with Gasteiger partial charge in [-0.1, -0.05) is 123 Å². The molecule has 0 aliphatic rings. The van der Waals surface area contributed by atoms with Gasteiger partial charge in [-0.3, -0.25) is 8.37 Å². The molecule has 2 unspecified atom stereocenters. The molecular weight excluding hydrogens is 562 g/mol. The van der Waals surface area contributed by atoms with Crippen molar-refractivity contribution >= 4 is 20.8 Å². The van der Waals surface area contributed by atoms with Gasteiger partial charge in [-0.25, -0.2) is 16.8 Å². The average molecular weight is 617 g/mol. The molecule has 0 bridgehead atoms. The Balaban J connectivity index is -0.00000648. The molecule has 0 aliphatic carbocycles. The molecule has 0 saturated heterocycles. The summed E-state index contributed by atoms with van der Waals surface area (Å²) in [7, 11) is -9.46. The second-order valence-electron chi connectivity index (χ2n) is 10.6. The summed E-state index contributed by atoms with van der Waals surface area (Å²) < 4.78 is 74.9. The van der Waals surface area contributed by atoms with E-state index in [0.717, 1.165) is 57.8 Å². The van der Waals surface area contributed by atoms with Crippen molar-refractivity contribution in [3.63, 3.8) is 0 Å². The third-order valence-corrected chi connectivity index (χ3v) is 7.90. The van der Waals surface area contributed by atoms with Crippen LogP contribution in [0.15, 0.2) is 0 Å². The van der Waals surface area contributed by atoms with E-state index in [4.69, 9.17) is 0 Å². The molecule has 224 valence electrons. The third kappa shape index (κ3) is 35.8. The Kier molecular flexibility index (Phi) is 34.5. The van der Waals surface area contributed by atoms with Crippen LogP contribution in [0.2, 0.25) is 0 Å². The van der Waals surface area contributed by atoms with Crippen LogP contribution >= 0.6 is 0 Å². The molecule has 0 heterocycles. The van der Waals surface area contributed by atoms with Gasteiger partial charge in [0.05, 0.1) is 13.2 Å². The molecule has 0 radical (unpaired) electrons. The Morgan fingerprint density at radius 2 is 0.718 bits per heavy atom. The maximum Gasteiger partial charge on any atom is 1.00 e. The van der Waals surface area contributed by atoms with Gasteiger partial charge in [-0.15, -0.1) is 0 Å². The van der Waals surface area contributed by atoms with E-state index < -0.39 is 20.8 Å². The molecular formula is C27H54Na2O8S2. The molecule has 2 atom stereocenters. The maximum absolute atomic E-state index is 11.0. The van der Waals surface area contributed by atoms with Crippen LogP contribution in [0.1, 0.15) is 149 Å². The van der Waals surface area contributed by atoms with Gasteiger partial charge in [-0.05, 0) is 37.5 Å². The summed E-state index contributed by atoms with van der Waals surface area (Å²) in [4.78, 5) is 0. The smallest absolute Gasteiger partial charge is 0.726 e. The predicted octanol–water partition coefficient (Wildman–Crippen LogP) is 1.41. The zero-order valence-electron chi connectivity index (χ0n) is 25.5. The summed E-state index contributed by atoms with van der Waals surface area (Å²) in [5.74, 6) is -0.0894. The first kappa shape index (κ1) is 45.2. The Hall–Kier alpha value is 1.74. The fraction of sp³-hybridized carbons (Fsp3) is 1.00. The first-order chi connectivity index (χ1) is 17.6. The van der Waals surface area contributed by atoms with Gasteiger partial charge >= 0.3 is 59.1 Å². The van der Waals surface area contributed by atoms with Crippen LogP contribution in [0.4, 0.5) is 0 Å². The van der Waals surface area contributed by atoms with E-state index >= 15 is 0 Å². The molecule has 0 amide bonds. The van der Waals surface area contributed by atoms with E-state index in [1.807, 2.05) is 0 Å². The van der Waals surface area contributed by atoms with Crippen LogP contribution in [-0.4, -0.2) is 39.2 Å². The minimum atomic E-state index is -4.73. The molecule has 0 aromatic rings. The molecule has 0 saturated carbocycles. The standard InChI is InChI=1S/C27H56O8S2.2Na/c1-3-5-7-9-11-13-15-17-20-26(24-34-36(28,29)30)22-19-23-27(25-35-37(31,32)33)21-18-16-14-12-10-8-6-4-2;;/h26-27H,3-25H2,1-2H3,(H,28,29,30)(H,31,32,33);;/q;2*+1/p-2. The fourth-order valence-corrected chi connectivity index (χ4v) is 5.53. The molecule has 0 N–H and O–H groups in total. The van der Waals surface area contributed by atoms with E-state index in [9.17, 15) is 25.9 Å². The van der Waals surface area contributed by atoms with Crippen LogP contribution in [0.3, 0.4) is 0 Å². The van der Waals surface area contributed by atoms with Gasteiger partial charge in [0, 0.05) is 0 Å². The Labute approximate surface area is 285 Å². The van der Waals surface area contributed by atoms with E-state index in [1.165, 1.54) is 64.2 Å². The third-order valence-electron chi connectivity index (χ3n) is 7.05. The fourth-order valence-electron chi connectivity index (χ4n) is 4.81. The monoisotopic (exact) mass is 616 g/mol. The van der Waals surface area contributed by atoms with Crippen molar-refractivity contribution < 1.29 is 93.4 Å². The van der Waals surface area contributed by atoms with Crippen LogP contribution in [0.5, 0.6) is 0 Å². The van der Waals surface area contributed by atoms with Gasteiger partial charge in [0.15, 0.2) is 0 Å². The van der Waals surface area contributed by atoms with Gasteiger partial charge in [0.25, 0.3) is 0 Å². The van der Waals surface area contributed by atoms with Crippen molar-refractivity contribution in [3.05, 3.63) is 0 Å². The number of rotatable bonds is 28. The molecule has 8 nitrogen and oxygen atoms in total. The van der Waals surface area contributed by atoms with Crippen LogP contribution in [0.25, 0.3) is 0 Å². The molecule has 0 fully saturated rings. The van der Waals surface area contributed by atoms with Crippen molar-refractivity contribution in [2.75, 3.05) is 13.2 Å². The number of unbranched alkanes of at least 4 members (excludes halogenated alkanes) is 14. The van der Waals surface area contributed by atoms with Crippen molar-refractivity contribution in [3.8, 4) is 0 Å². The SMILES string of the molecule is CCCCCCCCCCC(CCCC(CCCCCCCCCC)COS(=O)(=O)[O-])COS(=O)(=O)[O-].[Na+].[Na+]. The molecule has 0 aliphatic heterocycles. The van der Waals surface area contributed by atoms with E-state index in [1.54, 1.807) is 0 Å². The molecule has 0 rings (SSSR count). The summed E-state index contributed by atoms with van der Waals surface area (Å²) in [5, 5.41) is 0. The van der Waals surface area contributed by atoms with Gasteiger partial charge in [0.2, 0.25) is 20.8 Å². The zero-order chi connectivity index (χ0) is 27.8. The van der Waals surface area contributed by atoms with Gasteiger partial charge in [-0.2, -0.15) is 0 Å². The quantitative estimate of drug-likeness (QED) is 0.0558. The van der Waals surface area contributed by atoms with Crippen molar-refractivity contribution in [1.82, 2.24) is 0 Å². The summed E-state index contributed by atoms with van der Waals surface area (Å²) in [6.45, 7) is 4.16. The first-order valence-electron chi connectivity index (χ1n) is 14.8. The van der Waals surface area contributed by atoms with Gasteiger partial charge < -0.3 is 9.11 Å². The summed E-state index contributed by atoms with van der Waals surface area (Å²) in [6, 6.07) is 0. The number of hydrogen-bond acceptors (Lipinski definition) is 8. The van der Waals surface area contributed by atoms with E-state index in [-0.39, 0.29) is 84.2 Å². The Morgan fingerprint density at radius 1 is 0.462 bits per heavy atom. The van der Waals surface area contributed by atoms with Crippen LogP contribution in [-0.2, 0) is 29.2 Å². The van der Waals surface area contributed by atoms with Crippen molar-refractivity contribution in [2.24, 2.45) is 11.8 Å². The average Bonchev–Trinajstić information content (AvgIpc) is 2.82. The molecule has 0 aromatic carbocycles. The van der Waals surface area contributed by atoms with Crippen molar-refractivity contribution in [2.45, 2.75) is 149 Å². The first-order valence-corrected chi connectivity index (χ1v) is 17.4. The minimum absolute atomic E-state index is 0. The molecule has 0 aromatic heterocycles. The summed E-state index contributed by atoms with van der Waals surface area (Å²) in [5.41, 5.74) is 0. The summed E-state index contributed by atoms with van der Waals surface area (Å²) >= 11 is 0. The summed E-state index contributed by atoms with van der Waals surface area (Å²) in [6.07, 6.45) is 22.5.